The number of piperazine rings is 1. The van der Waals surface area contributed by atoms with Crippen molar-refractivity contribution in [2.24, 2.45) is 4.99 Å². The van der Waals surface area contributed by atoms with E-state index in [0.29, 0.717) is 12.1 Å². The lowest BCUT2D eigenvalue weighted by atomic mass is 10.1. The molecule has 0 unspecified atom stereocenters. The largest absolute Gasteiger partial charge is 0.392 e. The Morgan fingerprint density at radius 1 is 1.18 bits per heavy atom. The van der Waals surface area contributed by atoms with Gasteiger partial charge in [0, 0.05) is 56.0 Å². The summed E-state index contributed by atoms with van der Waals surface area (Å²) in [5.41, 5.74) is 2.34. The number of aliphatic imine (C=N–C) groups is 1. The molecule has 5 nitrogen and oxygen atoms in total. The summed E-state index contributed by atoms with van der Waals surface area (Å²) in [5, 5.41) is 13.3. The van der Waals surface area contributed by atoms with Crippen molar-refractivity contribution < 1.29 is 9.50 Å². The van der Waals surface area contributed by atoms with Crippen LogP contribution in [0.4, 0.5) is 10.1 Å². The Morgan fingerprint density at radius 3 is 2.57 bits per heavy atom. The summed E-state index contributed by atoms with van der Waals surface area (Å²) in [4.78, 5) is 8.88. The normalized spacial score (nSPS) is 14.6. The zero-order chi connectivity index (χ0) is 19.2. The second-order valence-corrected chi connectivity index (χ2v) is 6.88. The van der Waals surface area contributed by atoms with Crippen molar-refractivity contribution in [2.75, 3.05) is 38.1 Å². The molecule has 152 valence electrons. The SMILES string of the molecule is CN=C(NCc1ccc(F)c(CO)c1)N1CCN(c2cccc(Cl)c2)CC1.I. The molecule has 2 aromatic carbocycles. The van der Waals surface area contributed by atoms with Crippen LogP contribution < -0.4 is 10.2 Å². The molecule has 0 spiro atoms. The van der Waals surface area contributed by atoms with Crippen molar-refractivity contribution in [1.29, 1.82) is 0 Å². The molecular weight excluding hydrogens is 494 g/mol. The number of nitrogens with zero attached hydrogens (tertiary/aromatic N) is 3. The fourth-order valence-corrected chi connectivity index (χ4v) is 3.41. The number of hydrogen-bond acceptors (Lipinski definition) is 3. The lowest BCUT2D eigenvalue weighted by Crippen LogP contribution is -2.52. The first-order chi connectivity index (χ1) is 13.1. The first kappa shape index (κ1) is 22.7. The molecule has 0 aromatic heterocycles. The molecule has 0 aliphatic carbocycles. The molecule has 0 amide bonds. The van der Waals surface area contributed by atoms with Crippen LogP contribution in [-0.4, -0.2) is 49.2 Å². The molecule has 8 heteroatoms. The first-order valence-electron chi connectivity index (χ1n) is 8.95. The van der Waals surface area contributed by atoms with E-state index in [0.717, 1.165) is 48.4 Å². The number of rotatable bonds is 4. The summed E-state index contributed by atoms with van der Waals surface area (Å²) in [6.45, 7) is 3.67. The Labute approximate surface area is 187 Å². The van der Waals surface area contributed by atoms with Crippen molar-refractivity contribution in [3.8, 4) is 0 Å². The molecule has 3 rings (SSSR count). The van der Waals surface area contributed by atoms with Crippen molar-refractivity contribution in [1.82, 2.24) is 10.2 Å². The fourth-order valence-electron chi connectivity index (χ4n) is 3.22. The second-order valence-electron chi connectivity index (χ2n) is 6.44. The predicted octanol–water partition coefficient (Wildman–Crippen LogP) is 3.49. The number of halogens is 3. The van der Waals surface area contributed by atoms with E-state index < -0.39 is 0 Å². The molecule has 1 saturated heterocycles. The van der Waals surface area contributed by atoms with Gasteiger partial charge in [-0.2, -0.15) is 0 Å². The van der Waals surface area contributed by atoms with E-state index in [4.69, 9.17) is 11.6 Å². The highest BCUT2D eigenvalue weighted by Gasteiger charge is 2.20. The Morgan fingerprint density at radius 2 is 1.93 bits per heavy atom. The number of benzene rings is 2. The summed E-state index contributed by atoms with van der Waals surface area (Å²) < 4.78 is 13.5. The summed E-state index contributed by atoms with van der Waals surface area (Å²) in [6.07, 6.45) is 0. The second kappa shape index (κ2) is 10.8. The van der Waals surface area contributed by atoms with Crippen LogP contribution in [-0.2, 0) is 13.2 Å². The van der Waals surface area contributed by atoms with Gasteiger partial charge in [-0.25, -0.2) is 4.39 Å². The van der Waals surface area contributed by atoms with Crippen molar-refractivity contribution >= 4 is 47.2 Å². The van der Waals surface area contributed by atoms with Crippen LogP contribution >= 0.6 is 35.6 Å². The highest BCUT2D eigenvalue weighted by molar-refractivity contribution is 14.0. The molecular formula is C20H25ClFIN4O. The highest BCUT2D eigenvalue weighted by atomic mass is 127. The monoisotopic (exact) mass is 518 g/mol. The Bertz CT molecular complexity index is 813. The molecule has 2 N–H and O–H groups in total. The summed E-state index contributed by atoms with van der Waals surface area (Å²) >= 11 is 6.09. The van der Waals surface area contributed by atoms with Crippen LogP contribution in [0.15, 0.2) is 47.5 Å². The van der Waals surface area contributed by atoms with Gasteiger partial charge in [0.05, 0.1) is 6.61 Å². The molecule has 0 bridgehead atoms. The van der Waals surface area contributed by atoms with E-state index in [1.165, 1.54) is 6.07 Å². The molecule has 1 aliphatic heterocycles. The molecule has 0 saturated carbocycles. The van der Waals surface area contributed by atoms with E-state index in [9.17, 15) is 9.50 Å². The fraction of sp³-hybridized carbons (Fsp3) is 0.350. The van der Waals surface area contributed by atoms with Crippen LogP contribution in [0.1, 0.15) is 11.1 Å². The van der Waals surface area contributed by atoms with Gasteiger partial charge in [0.1, 0.15) is 5.82 Å². The smallest absolute Gasteiger partial charge is 0.194 e. The Hall–Kier alpha value is -1.58. The minimum atomic E-state index is -0.386. The van der Waals surface area contributed by atoms with Crippen molar-refractivity contribution in [3.63, 3.8) is 0 Å². The molecule has 1 heterocycles. The molecule has 28 heavy (non-hydrogen) atoms. The number of anilines is 1. The minimum absolute atomic E-state index is 0. The highest BCUT2D eigenvalue weighted by Crippen LogP contribution is 2.20. The van der Waals surface area contributed by atoms with Crippen LogP contribution in [0.3, 0.4) is 0 Å². The van der Waals surface area contributed by atoms with E-state index in [1.54, 1.807) is 19.2 Å². The minimum Gasteiger partial charge on any atom is -0.392 e. The summed E-state index contributed by atoms with van der Waals surface area (Å²) in [6, 6.07) is 12.7. The van der Waals surface area contributed by atoms with Crippen molar-refractivity contribution in [3.05, 3.63) is 64.4 Å². The number of guanidine groups is 1. The van der Waals surface area contributed by atoms with Gasteiger partial charge >= 0.3 is 0 Å². The third kappa shape index (κ3) is 5.71. The summed E-state index contributed by atoms with van der Waals surface area (Å²) in [7, 11) is 1.76. The van der Waals surface area contributed by atoms with Gasteiger partial charge in [0.25, 0.3) is 0 Å². The van der Waals surface area contributed by atoms with Gasteiger partial charge in [0.2, 0.25) is 0 Å². The van der Waals surface area contributed by atoms with E-state index >= 15 is 0 Å². The van der Waals surface area contributed by atoms with Gasteiger partial charge < -0.3 is 20.2 Å². The maximum absolute atomic E-state index is 13.5. The maximum atomic E-state index is 13.5. The Balaban J connectivity index is 0.00000280. The molecule has 2 aromatic rings. The van der Waals surface area contributed by atoms with Gasteiger partial charge in [-0.05, 0) is 35.9 Å². The van der Waals surface area contributed by atoms with Crippen LogP contribution in [0, 0.1) is 5.82 Å². The molecule has 1 aliphatic rings. The quantitative estimate of drug-likeness (QED) is 0.370. The molecule has 0 radical (unpaired) electrons. The van der Waals surface area contributed by atoms with Crippen LogP contribution in [0.25, 0.3) is 0 Å². The zero-order valence-corrected chi connectivity index (χ0v) is 18.8. The number of nitrogens with one attached hydrogen (secondary N) is 1. The lowest BCUT2D eigenvalue weighted by Gasteiger charge is -2.37. The Kier molecular flexibility index (Phi) is 8.78. The lowest BCUT2D eigenvalue weighted by molar-refractivity contribution is 0.275. The average molecular weight is 519 g/mol. The summed E-state index contributed by atoms with van der Waals surface area (Å²) in [5.74, 6) is 0.429. The zero-order valence-electron chi connectivity index (χ0n) is 15.7. The first-order valence-corrected chi connectivity index (χ1v) is 9.33. The topological polar surface area (TPSA) is 51.1 Å². The van der Waals surface area contributed by atoms with Gasteiger partial charge in [-0.3, -0.25) is 4.99 Å². The van der Waals surface area contributed by atoms with Crippen LogP contribution in [0.2, 0.25) is 5.02 Å². The molecule has 1 fully saturated rings. The van der Waals surface area contributed by atoms with E-state index in [-0.39, 0.29) is 36.4 Å². The number of aliphatic hydroxyl groups excluding tert-OH is 1. The van der Waals surface area contributed by atoms with Gasteiger partial charge in [-0.15, -0.1) is 24.0 Å². The maximum Gasteiger partial charge on any atom is 0.194 e. The third-order valence-electron chi connectivity index (χ3n) is 4.70. The van der Waals surface area contributed by atoms with Gasteiger partial charge in [-0.1, -0.05) is 23.7 Å². The third-order valence-corrected chi connectivity index (χ3v) is 4.93. The standard InChI is InChI=1S/C20H24ClFN4O.HI/c1-23-20(24-13-15-5-6-19(22)16(11-15)14-27)26-9-7-25(8-10-26)18-4-2-3-17(21)12-18;/h2-6,11-12,27H,7-10,13-14H2,1H3,(H,23,24);1H. The number of aliphatic hydroxyl groups is 1. The molecule has 0 atom stereocenters. The van der Waals surface area contributed by atoms with E-state index in [1.807, 2.05) is 18.2 Å². The predicted molar refractivity (Wildman–Crippen MR) is 123 cm³/mol. The van der Waals surface area contributed by atoms with Gasteiger partial charge in [0.15, 0.2) is 5.96 Å². The van der Waals surface area contributed by atoms with E-state index in [2.05, 4.69) is 26.2 Å². The number of hydrogen-bond donors (Lipinski definition) is 2. The van der Waals surface area contributed by atoms with Crippen LogP contribution in [0.5, 0.6) is 0 Å². The van der Waals surface area contributed by atoms with Crippen molar-refractivity contribution in [2.45, 2.75) is 13.2 Å². The average Bonchev–Trinajstić information content (AvgIpc) is 2.70.